The van der Waals surface area contributed by atoms with Crippen LogP contribution in [0.4, 0.5) is 0 Å². The van der Waals surface area contributed by atoms with Crippen LogP contribution in [0.5, 0.6) is 0 Å². The predicted molar refractivity (Wildman–Crippen MR) is 79.0 cm³/mol. The summed E-state index contributed by atoms with van der Waals surface area (Å²) in [5, 5.41) is 0. The van der Waals surface area contributed by atoms with Gasteiger partial charge in [0.25, 0.3) is 0 Å². The van der Waals surface area contributed by atoms with Crippen molar-refractivity contribution in [1.29, 1.82) is 0 Å². The second-order valence-corrected chi connectivity index (χ2v) is 5.28. The molecule has 96 valence electrons. The fourth-order valence-corrected chi connectivity index (χ4v) is 2.48. The smallest absolute Gasteiger partial charge is 0.204 e. The molecule has 0 aliphatic carbocycles. The molecule has 0 bridgehead atoms. The summed E-state index contributed by atoms with van der Waals surface area (Å²) in [4.78, 5) is 4.54. The van der Waals surface area contributed by atoms with Gasteiger partial charge >= 0.3 is 0 Å². The molecule has 0 amide bonds. The first-order valence-electron chi connectivity index (χ1n) is 6.09. The molecule has 0 aliphatic heterocycles. The van der Waals surface area contributed by atoms with Crippen LogP contribution in [0.15, 0.2) is 57.4 Å². The molecule has 0 radical (unpaired) electrons. The molecule has 3 aromatic rings. The highest BCUT2D eigenvalue weighted by Crippen LogP contribution is 2.27. The van der Waals surface area contributed by atoms with Gasteiger partial charge in [-0.2, -0.15) is 0 Å². The Hall–Kier alpha value is -1.65. The maximum absolute atomic E-state index is 5.88. The Morgan fingerprint density at radius 1 is 1.16 bits per heavy atom. The van der Waals surface area contributed by atoms with Crippen LogP contribution >= 0.6 is 15.9 Å². The average molecular weight is 317 g/mol. The summed E-state index contributed by atoms with van der Waals surface area (Å²) in [5.41, 5.74) is 8.63. The zero-order valence-electron chi connectivity index (χ0n) is 10.2. The SMILES string of the molecule is NCC(c1ccccc1)c1nc2cc(Br)ccc2o1. The second kappa shape index (κ2) is 5.15. The molecule has 19 heavy (non-hydrogen) atoms. The first kappa shape index (κ1) is 12.4. The summed E-state index contributed by atoms with van der Waals surface area (Å²) in [6.45, 7) is 0.470. The summed E-state index contributed by atoms with van der Waals surface area (Å²) >= 11 is 3.43. The Kier molecular flexibility index (Phi) is 3.36. The largest absolute Gasteiger partial charge is 0.440 e. The van der Waals surface area contributed by atoms with E-state index >= 15 is 0 Å². The molecule has 3 nitrogen and oxygen atoms in total. The third-order valence-corrected chi connectivity index (χ3v) is 3.60. The third-order valence-electron chi connectivity index (χ3n) is 3.10. The van der Waals surface area contributed by atoms with E-state index in [0.29, 0.717) is 12.4 Å². The molecule has 0 fully saturated rings. The van der Waals surface area contributed by atoms with Crippen LogP contribution in [0, 0.1) is 0 Å². The molecular weight excluding hydrogens is 304 g/mol. The van der Waals surface area contributed by atoms with Crippen LogP contribution in [0.3, 0.4) is 0 Å². The summed E-state index contributed by atoms with van der Waals surface area (Å²) in [7, 11) is 0. The number of benzene rings is 2. The van der Waals surface area contributed by atoms with E-state index in [2.05, 4.69) is 20.9 Å². The van der Waals surface area contributed by atoms with Crippen molar-refractivity contribution in [1.82, 2.24) is 4.98 Å². The van der Waals surface area contributed by atoms with Crippen molar-refractivity contribution in [3.05, 3.63) is 64.5 Å². The lowest BCUT2D eigenvalue weighted by molar-refractivity contribution is 0.502. The predicted octanol–water partition coefficient (Wildman–Crippen LogP) is 3.68. The summed E-state index contributed by atoms with van der Waals surface area (Å²) in [5.74, 6) is 0.661. The molecular formula is C15H13BrN2O. The first-order valence-corrected chi connectivity index (χ1v) is 6.88. The lowest BCUT2D eigenvalue weighted by atomic mass is 9.99. The topological polar surface area (TPSA) is 52.0 Å². The van der Waals surface area contributed by atoms with Gasteiger partial charge in [0, 0.05) is 11.0 Å². The van der Waals surface area contributed by atoms with Gasteiger partial charge in [-0.3, -0.25) is 0 Å². The number of hydrogen-bond acceptors (Lipinski definition) is 3. The molecule has 1 atom stereocenters. The van der Waals surface area contributed by atoms with Gasteiger partial charge in [-0.15, -0.1) is 0 Å². The van der Waals surface area contributed by atoms with Crippen LogP contribution in [-0.4, -0.2) is 11.5 Å². The molecule has 0 saturated carbocycles. The van der Waals surface area contributed by atoms with E-state index in [0.717, 1.165) is 21.1 Å². The molecule has 0 saturated heterocycles. The Morgan fingerprint density at radius 2 is 1.95 bits per heavy atom. The van der Waals surface area contributed by atoms with Crippen LogP contribution in [-0.2, 0) is 0 Å². The number of nitrogens with two attached hydrogens (primary N) is 1. The number of rotatable bonds is 3. The number of aromatic nitrogens is 1. The molecule has 4 heteroatoms. The summed E-state index contributed by atoms with van der Waals surface area (Å²) in [6.07, 6.45) is 0. The lowest BCUT2D eigenvalue weighted by Crippen LogP contribution is -2.14. The van der Waals surface area contributed by atoms with Crippen molar-refractivity contribution >= 4 is 27.0 Å². The quantitative estimate of drug-likeness (QED) is 0.802. The van der Waals surface area contributed by atoms with Gasteiger partial charge in [0.2, 0.25) is 5.89 Å². The number of hydrogen-bond donors (Lipinski definition) is 1. The normalized spacial score (nSPS) is 12.7. The zero-order chi connectivity index (χ0) is 13.2. The van der Waals surface area contributed by atoms with Gasteiger partial charge in [-0.05, 0) is 23.8 Å². The minimum absolute atomic E-state index is 0.00706. The van der Waals surface area contributed by atoms with E-state index in [1.165, 1.54) is 0 Å². The zero-order valence-corrected chi connectivity index (χ0v) is 11.8. The van der Waals surface area contributed by atoms with Gasteiger partial charge in [0.05, 0.1) is 5.92 Å². The van der Waals surface area contributed by atoms with E-state index in [9.17, 15) is 0 Å². The van der Waals surface area contributed by atoms with Crippen LogP contribution in [0.2, 0.25) is 0 Å². The molecule has 1 unspecified atom stereocenters. The highest BCUT2D eigenvalue weighted by Gasteiger charge is 2.18. The van der Waals surface area contributed by atoms with E-state index in [1.807, 2.05) is 48.5 Å². The minimum Gasteiger partial charge on any atom is -0.440 e. The Morgan fingerprint density at radius 3 is 2.68 bits per heavy atom. The Bertz CT molecular complexity index is 694. The first-order chi connectivity index (χ1) is 9.28. The van der Waals surface area contributed by atoms with E-state index in [-0.39, 0.29) is 5.92 Å². The van der Waals surface area contributed by atoms with Crippen molar-refractivity contribution in [2.75, 3.05) is 6.54 Å². The Labute approximate surface area is 119 Å². The summed E-state index contributed by atoms with van der Waals surface area (Å²) < 4.78 is 6.81. The van der Waals surface area contributed by atoms with E-state index < -0.39 is 0 Å². The van der Waals surface area contributed by atoms with Crippen LogP contribution in [0.1, 0.15) is 17.4 Å². The van der Waals surface area contributed by atoms with Crippen LogP contribution < -0.4 is 5.73 Å². The standard InChI is InChI=1S/C15H13BrN2O/c16-11-6-7-14-13(8-11)18-15(19-14)12(9-17)10-4-2-1-3-5-10/h1-8,12H,9,17H2. The van der Waals surface area contributed by atoms with Crippen molar-refractivity contribution in [2.24, 2.45) is 5.73 Å². The fraction of sp³-hybridized carbons (Fsp3) is 0.133. The molecule has 0 aliphatic rings. The van der Waals surface area contributed by atoms with Gasteiger partial charge < -0.3 is 10.2 Å². The van der Waals surface area contributed by atoms with Crippen molar-refractivity contribution in [3.63, 3.8) is 0 Å². The van der Waals surface area contributed by atoms with Crippen molar-refractivity contribution < 1.29 is 4.42 Å². The maximum atomic E-state index is 5.88. The average Bonchev–Trinajstić information content (AvgIpc) is 2.83. The number of oxazole rings is 1. The highest BCUT2D eigenvalue weighted by molar-refractivity contribution is 9.10. The molecule has 3 rings (SSSR count). The van der Waals surface area contributed by atoms with Crippen LogP contribution in [0.25, 0.3) is 11.1 Å². The van der Waals surface area contributed by atoms with Crippen molar-refractivity contribution in [2.45, 2.75) is 5.92 Å². The Balaban J connectivity index is 2.07. The monoisotopic (exact) mass is 316 g/mol. The van der Waals surface area contributed by atoms with Crippen molar-refractivity contribution in [3.8, 4) is 0 Å². The van der Waals surface area contributed by atoms with E-state index in [1.54, 1.807) is 0 Å². The maximum Gasteiger partial charge on any atom is 0.204 e. The van der Waals surface area contributed by atoms with Gasteiger partial charge in [-0.1, -0.05) is 46.3 Å². The highest BCUT2D eigenvalue weighted by atomic mass is 79.9. The minimum atomic E-state index is -0.00706. The molecule has 2 aromatic carbocycles. The molecule has 0 spiro atoms. The van der Waals surface area contributed by atoms with Gasteiger partial charge in [0.1, 0.15) is 5.52 Å². The third kappa shape index (κ3) is 2.41. The fourth-order valence-electron chi connectivity index (χ4n) is 2.13. The second-order valence-electron chi connectivity index (χ2n) is 4.36. The summed E-state index contributed by atoms with van der Waals surface area (Å²) in [6, 6.07) is 15.9. The number of halogens is 1. The van der Waals surface area contributed by atoms with Gasteiger partial charge in [0.15, 0.2) is 5.58 Å². The number of nitrogens with zero attached hydrogens (tertiary/aromatic N) is 1. The lowest BCUT2D eigenvalue weighted by Gasteiger charge is -2.10. The van der Waals surface area contributed by atoms with Gasteiger partial charge in [-0.25, -0.2) is 4.98 Å². The molecule has 1 heterocycles. The molecule has 1 aromatic heterocycles. The molecule has 2 N–H and O–H groups in total. The number of fused-ring (bicyclic) bond motifs is 1. The van der Waals surface area contributed by atoms with E-state index in [4.69, 9.17) is 10.2 Å².